The summed E-state index contributed by atoms with van der Waals surface area (Å²) in [5.74, 6) is 0.931. The molecule has 2 atom stereocenters. The number of nitrogens with zero attached hydrogens (tertiary/aromatic N) is 2. The van der Waals surface area contributed by atoms with Crippen LogP contribution in [-0.4, -0.2) is 68.4 Å². The Kier molecular flexibility index (Phi) is 10.3. The largest absolute Gasteiger partial charge is 0.497 e. The maximum absolute atomic E-state index is 13.2. The number of carbonyl (C=O) groups excluding carboxylic acids is 1. The molecular formula is C28H37N3O7S. The Hall–Kier alpha value is -2.99. The van der Waals surface area contributed by atoms with Crippen molar-refractivity contribution < 1.29 is 32.5 Å². The van der Waals surface area contributed by atoms with Crippen LogP contribution in [0.5, 0.6) is 5.75 Å². The van der Waals surface area contributed by atoms with Gasteiger partial charge >= 0.3 is 0 Å². The summed E-state index contributed by atoms with van der Waals surface area (Å²) in [6.45, 7) is -0.355. The molecule has 1 aliphatic carbocycles. The van der Waals surface area contributed by atoms with Crippen LogP contribution in [-0.2, 0) is 24.3 Å². The first kappa shape index (κ1) is 29.0. The Labute approximate surface area is 230 Å². The summed E-state index contributed by atoms with van der Waals surface area (Å²) in [7, 11) is -2.35. The lowest BCUT2D eigenvalue weighted by Crippen LogP contribution is -2.38. The number of hydrogen-bond donors (Lipinski definition) is 2. The molecule has 0 unspecified atom stereocenters. The van der Waals surface area contributed by atoms with Crippen LogP contribution in [0.2, 0.25) is 0 Å². The summed E-state index contributed by atoms with van der Waals surface area (Å²) in [5, 5.41) is 12.3. The number of sulfonamides is 1. The highest BCUT2D eigenvalue weighted by Crippen LogP contribution is 2.37. The second-order valence-corrected chi connectivity index (χ2v) is 11.7. The third-order valence-corrected chi connectivity index (χ3v) is 9.09. The Morgan fingerprint density at radius 1 is 1.15 bits per heavy atom. The van der Waals surface area contributed by atoms with Crippen molar-refractivity contribution in [3.63, 3.8) is 0 Å². The minimum atomic E-state index is -3.86. The van der Waals surface area contributed by atoms with Gasteiger partial charge in [0.25, 0.3) is 5.91 Å². The number of ether oxygens (including phenoxy) is 3. The average molecular weight is 560 g/mol. The molecule has 10 nitrogen and oxygen atoms in total. The number of carbonyl (C=O) groups is 1. The van der Waals surface area contributed by atoms with Gasteiger partial charge in [-0.15, -0.1) is 0 Å². The molecule has 0 saturated heterocycles. The zero-order valence-corrected chi connectivity index (χ0v) is 23.0. The van der Waals surface area contributed by atoms with Gasteiger partial charge in [-0.05, 0) is 67.2 Å². The molecule has 1 aliphatic heterocycles. The van der Waals surface area contributed by atoms with E-state index >= 15 is 0 Å². The Bertz CT molecular complexity index is 1200. The van der Waals surface area contributed by atoms with Crippen molar-refractivity contribution in [1.29, 1.82) is 0 Å². The first-order chi connectivity index (χ1) is 18.9. The van der Waals surface area contributed by atoms with E-state index in [-0.39, 0.29) is 48.8 Å². The molecule has 39 heavy (non-hydrogen) atoms. The van der Waals surface area contributed by atoms with Crippen molar-refractivity contribution in [2.24, 2.45) is 11.8 Å². The third kappa shape index (κ3) is 7.78. The van der Waals surface area contributed by atoms with E-state index in [1.807, 2.05) is 6.08 Å². The van der Waals surface area contributed by atoms with Crippen LogP contribution in [0, 0.1) is 11.8 Å². The van der Waals surface area contributed by atoms with E-state index in [4.69, 9.17) is 14.2 Å². The van der Waals surface area contributed by atoms with Gasteiger partial charge in [0.15, 0.2) is 5.76 Å². The molecule has 212 valence electrons. The van der Waals surface area contributed by atoms with Crippen LogP contribution in [0.1, 0.15) is 38.5 Å². The van der Waals surface area contributed by atoms with Crippen LogP contribution >= 0.6 is 0 Å². The maximum Gasteiger partial charge on any atom is 0.290 e. The Morgan fingerprint density at radius 2 is 1.92 bits per heavy atom. The van der Waals surface area contributed by atoms with Crippen LogP contribution in [0.4, 0.5) is 5.69 Å². The van der Waals surface area contributed by atoms with Crippen molar-refractivity contribution in [2.75, 3.05) is 38.7 Å². The van der Waals surface area contributed by atoms with Gasteiger partial charge in [-0.2, -0.15) is 4.31 Å². The van der Waals surface area contributed by atoms with E-state index < -0.39 is 16.3 Å². The van der Waals surface area contributed by atoms with Crippen molar-refractivity contribution in [2.45, 2.75) is 49.7 Å². The van der Waals surface area contributed by atoms with Crippen molar-refractivity contribution in [3.05, 3.63) is 60.6 Å². The minimum Gasteiger partial charge on any atom is -0.497 e. The zero-order valence-electron chi connectivity index (χ0n) is 22.2. The lowest BCUT2D eigenvalue weighted by molar-refractivity contribution is -0.149. The first-order valence-electron chi connectivity index (χ1n) is 13.4. The second kappa shape index (κ2) is 13.9. The fourth-order valence-corrected chi connectivity index (χ4v) is 6.53. The number of benzene rings is 1. The highest BCUT2D eigenvalue weighted by molar-refractivity contribution is 7.89. The predicted molar refractivity (Wildman–Crippen MR) is 145 cm³/mol. The molecule has 4 rings (SSSR count). The number of anilines is 1. The second-order valence-electron chi connectivity index (χ2n) is 9.75. The zero-order chi connectivity index (χ0) is 27.7. The summed E-state index contributed by atoms with van der Waals surface area (Å²) >= 11 is 0. The lowest BCUT2D eigenvalue weighted by atomic mass is 9.77. The number of aliphatic hydroxyl groups is 1. The molecule has 1 fully saturated rings. The van der Waals surface area contributed by atoms with Crippen molar-refractivity contribution in [1.82, 2.24) is 9.29 Å². The molecule has 1 amide bonds. The number of allylic oxidation sites excluding steroid dienone is 1. The summed E-state index contributed by atoms with van der Waals surface area (Å²) < 4.78 is 44.7. The van der Waals surface area contributed by atoms with Gasteiger partial charge in [-0.25, -0.2) is 8.42 Å². The highest BCUT2D eigenvalue weighted by atomic mass is 32.2. The smallest absolute Gasteiger partial charge is 0.290 e. The van der Waals surface area contributed by atoms with Crippen LogP contribution in [0.25, 0.3) is 0 Å². The van der Waals surface area contributed by atoms with Crippen molar-refractivity contribution in [3.8, 4) is 5.75 Å². The van der Waals surface area contributed by atoms with E-state index in [1.54, 1.807) is 36.7 Å². The molecular weight excluding hydrogens is 522 g/mol. The number of rotatable bonds is 12. The average Bonchev–Trinajstić information content (AvgIpc) is 2.97. The fourth-order valence-electron chi connectivity index (χ4n) is 5.11. The summed E-state index contributed by atoms with van der Waals surface area (Å²) in [6, 6.07) is 9.57. The Balaban J connectivity index is 1.42. The number of aromatic nitrogens is 1. The number of hydrogen-bond acceptors (Lipinski definition) is 8. The van der Waals surface area contributed by atoms with Crippen LogP contribution in [0.15, 0.2) is 65.5 Å². The van der Waals surface area contributed by atoms with E-state index in [0.29, 0.717) is 23.8 Å². The van der Waals surface area contributed by atoms with E-state index in [0.717, 1.165) is 25.7 Å². The SMILES string of the molecule is COc1ccc(S(=O)(=O)N(CCO)CCO[C@@H]2C[C@H](C3CCCCC3)C=C(C(=O)Nc3cccnc3)O2)cc1. The Morgan fingerprint density at radius 3 is 2.59 bits per heavy atom. The highest BCUT2D eigenvalue weighted by Gasteiger charge is 2.33. The van der Waals surface area contributed by atoms with Gasteiger partial charge in [0.05, 0.1) is 37.1 Å². The molecule has 11 heteroatoms. The summed E-state index contributed by atoms with van der Waals surface area (Å²) in [5.41, 5.74) is 0.563. The molecule has 2 aromatic rings. The maximum atomic E-state index is 13.2. The summed E-state index contributed by atoms with van der Waals surface area (Å²) in [4.78, 5) is 17.2. The molecule has 2 aliphatic rings. The standard InChI is InChI=1S/C28H37N3O7S/c1-36-24-9-11-25(12-10-24)39(34,35)31(14-16-32)15-17-37-27-19-22(21-6-3-2-4-7-21)18-26(38-27)28(33)30-23-8-5-13-29-20-23/h5,8-13,18,20-22,27,32H,2-4,6-7,14-17,19H2,1H3,(H,30,33)/t22-,27+/m1/s1. The number of aliphatic hydroxyl groups excluding tert-OH is 1. The van der Waals surface area contributed by atoms with E-state index in [9.17, 15) is 18.3 Å². The van der Waals surface area contributed by atoms with Gasteiger partial charge in [0.2, 0.25) is 16.3 Å². The molecule has 2 N–H and O–H groups in total. The minimum absolute atomic E-state index is 0.0177. The van der Waals surface area contributed by atoms with Crippen molar-refractivity contribution >= 4 is 21.6 Å². The third-order valence-electron chi connectivity index (χ3n) is 7.18. The number of amides is 1. The molecule has 1 aromatic carbocycles. The summed E-state index contributed by atoms with van der Waals surface area (Å²) in [6.07, 6.45) is 10.7. The normalized spacial score (nSPS) is 20.2. The monoisotopic (exact) mass is 559 g/mol. The van der Waals surface area contributed by atoms with E-state index in [2.05, 4.69) is 10.3 Å². The van der Waals surface area contributed by atoms with Gasteiger partial charge in [-0.3, -0.25) is 9.78 Å². The van der Waals surface area contributed by atoms with Gasteiger partial charge in [-0.1, -0.05) is 19.3 Å². The molecule has 1 aromatic heterocycles. The molecule has 0 bridgehead atoms. The van der Waals surface area contributed by atoms with E-state index in [1.165, 1.54) is 30.0 Å². The first-order valence-corrected chi connectivity index (χ1v) is 14.8. The quantitative estimate of drug-likeness (QED) is 0.404. The van der Waals surface area contributed by atoms with Crippen LogP contribution < -0.4 is 10.1 Å². The predicted octanol–water partition coefficient (Wildman–Crippen LogP) is 3.56. The number of nitrogens with one attached hydrogen (secondary N) is 1. The molecule has 1 saturated carbocycles. The van der Waals surface area contributed by atoms with Crippen LogP contribution in [0.3, 0.4) is 0 Å². The number of methoxy groups -OCH3 is 1. The fraction of sp³-hybridized carbons (Fsp3) is 0.500. The lowest BCUT2D eigenvalue weighted by Gasteiger charge is -2.35. The number of pyridine rings is 1. The van der Waals surface area contributed by atoms with Gasteiger partial charge in [0, 0.05) is 25.7 Å². The molecule has 0 radical (unpaired) electrons. The molecule has 2 heterocycles. The topological polar surface area (TPSA) is 127 Å². The van der Waals surface area contributed by atoms with Gasteiger partial charge < -0.3 is 24.6 Å². The molecule has 0 spiro atoms. The van der Waals surface area contributed by atoms with Gasteiger partial charge in [0.1, 0.15) is 5.75 Å².